The maximum atomic E-state index is 13.2. The van der Waals surface area contributed by atoms with Crippen molar-refractivity contribution in [3.63, 3.8) is 0 Å². The lowest BCUT2D eigenvalue weighted by Gasteiger charge is -2.26. The van der Waals surface area contributed by atoms with E-state index in [1.54, 1.807) is 27.8 Å². The molecule has 0 radical (unpaired) electrons. The third kappa shape index (κ3) is 6.37. The van der Waals surface area contributed by atoms with E-state index < -0.39 is 0 Å². The van der Waals surface area contributed by atoms with Crippen LogP contribution in [-0.2, 0) is 16.0 Å². The number of nitrogens with zero attached hydrogens (tertiary/aromatic N) is 3. The Bertz CT molecular complexity index is 1370. The number of hydrogen-bond acceptors (Lipinski definition) is 4. The number of nitrogens with one attached hydrogen (secondary N) is 1. The van der Waals surface area contributed by atoms with Gasteiger partial charge in [-0.15, -0.1) is 5.10 Å². The maximum absolute atomic E-state index is 13.2. The van der Waals surface area contributed by atoms with Crippen molar-refractivity contribution in [1.82, 2.24) is 14.7 Å². The van der Waals surface area contributed by atoms with Crippen LogP contribution in [0.3, 0.4) is 0 Å². The molecule has 0 aliphatic heterocycles. The molecule has 8 heteroatoms. The van der Waals surface area contributed by atoms with Gasteiger partial charge in [-0.2, -0.15) is 0 Å². The van der Waals surface area contributed by atoms with Gasteiger partial charge in [-0.25, -0.2) is 4.68 Å². The zero-order valence-electron chi connectivity index (χ0n) is 21.0. The van der Waals surface area contributed by atoms with Crippen molar-refractivity contribution in [1.29, 1.82) is 0 Å². The average molecular weight is 517 g/mol. The SMILES string of the molecule is COc1ccc(CC(=O)N(CC(=O)Nc2nn(-c3ccccc3)cc2-c2ccccc2)C(C)C)cc1Cl. The third-order valence-electron chi connectivity index (χ3n) is 5.91. The van der Waals surface area contributed by atoms with Crippen LogP contribution in [0.15, 0.2) is 85.1 Å². The summed E-state index contributed by atoms with van der Waals surface area (Å²) >= 11 is 6.22. The molecule has 1 N–H and O–H groups in total. The van der Waals surface area contributed by atoms with Gasteiger partial charge >= 0.3 is 0 Å². The van der Waals surface area contributed by atoms with E-state index in [2.05, 4.69) is 10.4 Å². The van der Waals surface area contributed by atoms with Crippen LogP contribution in [0.25, 0.3) is 16.8 Å². The van der Waals surface area contributed by atoms with Crippen LogP contribution in [0.1, 0.15) is 19.4 Å². The van der Waals surface area contributed by atoms with Gasteiger partial charge in [0, 0.05) is 17.8 Å². The van der Waals surface area contributed by atoms with Crippen molar-refractivity contribution in [2.45, 2.75) is 26.3 Å². The topological polar surface area (TPSA) is 76.5 Å². The molecule has 0 saturated carbocycles. The van der Waals surface area contributed by atoms with Gasteiger partial charge in [0.1, 0.15) is 12.3 Å². The van der Waals surface area contributed by atoms with Gasteiger partial charge in [0.25, 0.3) is 0 Å². The predicted molar refractivity (Wildman–Crippen MR) is 146 cm³/mol. The number of aromatic nitrogens is 2. The van der Waals surface area contributed by atoms with Gasteiger partial charge in [0.2, 0.25) is 11.8 Å². The van der Waals surface area contributed by atoms with Crippen LogP contribution in [0.4, 0.5) is 5.82 Å². The molecule has 3 aromatic carbocycles. The van der Waals surface area contributed by atoms with E-state index in [0.717, 1.165) is 22.4 Å². The Balaban J connectivity index is 1.53. The number of rotatable bonds is 9. The fourth-order valence-electron chi connectivity index (χ4n) is 3.99. The number of anilines is 1. The monoisotopic (exact) mass is 516 g/mol. The first-order valence-corrected chi connectivity index (χ1v) is 12.4. The van der Waals surface area contributed by atoms with Gasteiger partial charge in [-0.05, 0) is 49.2 Å². The molecule has 37 heavy (non-hydrogen) atoms. The minimum Gasteiger partial charge on any atom is -0.495 e. The van der Waals surface area contributed by atoms with Crippen molar-refractivity contribution in [3.8, 4) is 22.6 Å². The average Bonchev–Trinajstić information content (AvgIpc) is 3.32. The fourth-order valence-corrected chi connectivity index (χ4v) is 4.27. The van der Waals surface area contributed by atoms with Crippen LogP contribution in [0, 0.1) is 0 Å². The Labute approximate surface area is 221 Å². The smallest absolute Gasteiger partial charge is 0.245 e. The molecular weight excluding hydrogens is 488 g/mol. The van der Waals surface area contributed by atoms with Crippen molar-refractivity contribution < 1.29 is 14.3 Å². The van der Waals surface area contributed by atoms with E-state index in [9.17, 15) is 9.59 Å². The Kier molecular flexibility index (Phi) is 8.25. The minimum absolute atomic E-state index is 0.104. The number of carbonyl (C=O) groups is 2. The molecule has 7 nitrogen and oxygen atoms in total. The van der Waals surface area contributed by atoms with E-state index >= 15 is 0 Å². The molecule has 4 rings (SSSR count). The van der Waals surface area contributed by atoms with Gasteiger partial charge in [-0.1, -0.05) is 66.2 Å². The Morgan fingerprint density at radius 3 is 2.32 bits per heavy atom. The van der Waals surface area contributed by atoms with E-state index in [4.69, 9.17) is 16.3 Å². The molecule has 1 aromatic heterocycles. The first kappa shape index (κ1) is 26.0. The van der Waals surface area contributed by atoms with Gasteiger partial charge in [0.15, 0.2) is 5.82 Å². The second kappa shape index (κ2) is 11.8. The summed E-state index contributed by atoms with van der Waals surface area (Å²) in [5.74, 6) is 0.468. The number of amides is 2. The number of para-hydroxylation sites is 1. The normalized spacial score (nSPS) is 10.8. The molecule has 0 aliphatic carbocycles. The Morgan fingerprint density at radius 1 is 1.03 bits per heavy atom. The molecule has 0 fully saturated rings. The molecular formula is C29H29ClN4O3. The number of methoxy groups -OCH3 is 1. The zero-order valence-corrected chi connectivity index (χ0v) is 21.8. The van der Waals surface area contributed by atoms with Crippen molar-refractivity contribution in [3.05, 3.63) is 95.6 Å². The zero-order chi connectivity index (χ0) is 26.4. The number of halogens is 1. The van der Waals surface area contributed by atoms with E-state index in [-0.39, 0.29) is 30.8 Å². The summed E-state index contributed by atoms with van der Waals surface area (Å²) < 4.78 is 6.92. The summed E-state index contributed by atoms with van der Waals surface area (Å²) in [5.41, 5.74) is 3.33. The number of benzene rings is 3. The van der Waals surface area contributed by atoms with Crippen molar-refractivity contribution in [2.75, 3.05) is 19.0 Å². The molecule has 190 valence electrons. The molecule has 0 bridgehead atoms. The van der Waals surface area contributed by atoms with Crippen LogP contribution in [-0.4, -0.2) is 46.2 Å². The summed E-state index contributed by atoms with van der Waals surface area (Å²) in [6, 6.07) is 24.5. The van der Waals surface area contributed by atoms with Crippen LogP contribution in [0.5, 0.6) is 5.75 Å². The van der Waals surface area contributed by atoms with E-state index in [1.165, 1.54) is 7.11 Å². The molecule has 4 aromatic rings. The maximum Gasteiger partial charge on any atom is 0.245 e. The van der Waals surface area contributed by atoms with Crippen LogP contribution >= 0.6 is 11.6 Å². The first-order chi connectivity index (χ1) is 17.9. The highest BCUT2D eigenvalue weighted by atomic mass is 35.5. The van der Waals surface area contributed by atoms with Gasteiger partial charge < -0.3 is 15.0 Å². The highest BCUT2D eigenvalue weighted by molar-refractivity contribution is 6.32. The Morgan fingerprint density at radius 2 is 1.70 bits per heavy atom. The highest BCUT2D eigenvalue weighted by Crippen LogP contribution is 2.28. The molecule has 0 unspecified atom stereocenters. The Hall–Kier alpha value is -4.10. The summed E-state index contributed by atoms with van der Waals surface area (Å²) in [6.07, 6.45) is 2.01. The lowest BCUT2D eigenvalue weighted by Crippen LogP contribution is -2.43. The summed E-state index contributed by atoms with van der Waals surface area (Å²) in [5, 5.41) is 8.00. The fraction of sp³-hybridized carbons (Fsp3) is 0.207. The van der Waals surface area contributed by atoms with Crippen molar-refractivity contribution in [2.24, 2.45) is 0 Å². The summed E-state index contributed by atoms with van der Waals surface area (Å²) in [7, 11) is 1.54. The summed E-state index contributed by atoms with van der Waals surface area (Å²) in [4.78, 5) is 27.8. The quantitative estimate of drug-likeness (QED) is 0.313. The second-order valence-electron chi connectivity index (χ2n) is 8.85. The minimum atomic E-state index is -0.328. The molecule has 0 spiro atoms. The number of ether oxygens (including phenoxy) is 1. The molecule has 0 aliphatic rings. The molecule has 2 amide bonds. The van der Waals surface area contributed by atoms with E-state index in [1.807, 2.05) is 80.7 Å². The largest absolute Gasteiger partial charge is 0.495 e. The second-order valence-corrected chi connectivity index (χ2v) is 9.25. The standard InChI is InChI=1S/C29H29ClN4O3/c1-20(2)33(28(36)17-21-14-15-26(37-3)25(30)16-21)19-27(35)31-29-24(22-10-6-4-7-11-22)18-34(32-29)23-12-8-5-9-13-23/h4-16,18,20H,17,19H2,1-3H3,(H,31,32,35). The molecule has 0 atom stereocenters. The van der Waals surface area contributed by atoms with Crippen molar-refractivity contribution >= 4 is 29.2 Å². The predicted octanol–water partition coefficient (Wildman–Crippen LogP) is 5.62. The molecule has 0 saturated heterocycles. The number of hydrogen-bond donors (Lipinski definition) is 1. The molecule has 1 heterocycles. The highest BCUT2D eigenvalue weighted by Gasteiger charge is 2.22. The van der Waals surface area contributed by atoms with E-state index in [0.29, 0.717) is 16.6 Å². The third-order valence-corrected chi connectivity index (χ3v) is 6.20. The lowest BCUT2D eigenvalue weighted by molar-refractivity contribution is -0.135. The van der Waals surface area contributed by atoms with Crippen LogP contribution in [0.2, 0.25) is 5.02 Å². The number of carbonyl (C=O) groups excluding carboxylic acids is 2. The van der Waals surface area contributed by atoms with Gasteiger partial charge in [-0.3, -0.25) is 9.59 Å². The van der Waals surface area contributed by atoms with Gasteiger partial charge in [0.05, 0.1) is 24.2 Å². The first-order valence-electron chi connectivity index (χ1n) is 12.0. The summed E-state index contributed by atoms with van der Waals surface area (Å²) in [6.45, 7) is 3.66. The van der Waals surface area contributed by atoms with Crippen LogP contribution < -0.4 is 10.1 Å². The lowest BCUT2D eigenvalue weighted by atomic mass is 10.1.